The summed E-state index contributed by atoms with van der Waals surface area (Å²) in [5.74, 6) is 0.429. The number of carbonyl (C=O) groups excluding carboxylic acids is 1. The molecule has 0 saturated carbocycles. The van der Waals surface area contributed by atoms with Gasteiger partial charge in [-0.1, -0.05) is 49.4 Å². The van der Waals surface area contributed by atoms with Crippen molar-refractivity contribution >= 4 is 26.7 Å². The Kier molecular flexibility index (Phi) is 6.97. The summed E-state index contributed by atoms with van der Waals surface area (Å²) in [5.41, 5.74) is 1.93. The van der Waals surface area contributed by atoms with Crippen LogP contribution in [0.2, 0.25) is 0 Å². The first kappa shape index (κ1) is 22.8. The summed E-state index contributed by atoms with van der Waals surface area (Å²) in [5, 5.41) is 4.74. The fraction of sp³-hybridized carbons (Fsp3) is 0.292. The highest BCUT2D eigenvalue weighted by molar-refractivity contribution is 7.89. The number of likely N-dealkylation sites (N-methyl/N-ethyl adjacent to an activating group) is 1. The zero-order valence-corrected chi connectivity index (χ0v) is 19.1. The lowest BCUT2D eigenvalue weighted by molar-refractivity contribution is -0.121. The first-order valence-corrected chi connectivity index (χ1v) is 11.6. The number of amides is 1. The normalized spacial score (nSPS) is 12.7. The lowest BCUT2D eigenvalue weighted by atomic mass is 10.0. The first-order chi connectivity index (χ1) is 14.8. The van der Waals surface area contributed by atoms with Gasteiger partial charge in [-0.05, 0) is 53.4 Å². The maximum atomic E-state index is 13.0. The van der Waals surface area contributed by atoms with Crippen molar-refractivity contribution in [1.29, 1.82) is 0 Å². The molecule has 0 aliphatic heterocycles. The number of nitrogens with zero attached hydrogens (tertiary/aromatic N) is 1. The van der Waals surface area contributed by atoms with Gasteiger partial charge in [0, 0.05) is 7.05 Å². The molecule has 0 unspecified atom stereocenters. The van der Waals surface area contributed by atoms with Crippen LogP contribution in [0.25, 0.3) is 10.8 Å². The van der Waals surface area contributed by atoms with Crippen LogP contribution < -0.4 is 10.1 Å². The molecule has 0 aliphatic rings. The Morgan fingerprint density at radius 3 is 2.42 bits per heavy atom. The molecule has 1 atom stereocenters. The number of hydrogen-bond donors (Lipinski definition) is 1. The minimum Gasteiger partial charge on any atom is -0.496 e. The lowest BCUT2D eigenvalue weighted by Gasteiger charge is -2.22. The zero-order valence-electron chi connectivity index (χ0n) is 18.3. The Hall–Kier alpha value is -2.90. The van der Waals surface area contributed by atoms with Crippen LogP contribution in [0.4, 0.5) is 0 Å². The Morgan fingerprint density at radius 1 is 1.06 bits per heavy atom. The second-order valence-corrected chi connectivity index (χ2v) is 9.57. The zero-order chi connectivity index (χ0) is 22.6. The van der Waals surface area contributed by atoms with Crippen molar-refractivity contribution in [1.82, 2.24) is 9.62 Å². The Labute approximate surface area is 183 Å². The number of nitrogens with one attached hydrogen (secondary N) is 1. The van der Waals surface area contributed by atoms with E-state index in [1.807, 2.05) is 56.3 Å². The molecule has 31 heavy (non-hydrogen) atoms. The van der Waals surface area contributed by atoms with Gasteiger partial charge >= 0.3 is 0 Å². The highest BCUT2D eigenvalue weighted by Gasteiger charge is 2.24. The predicted octanol–water partition coefficient (Wildman–Crippen LogP) is 4.04. The smallest absolute Gasteiger partial charge is 0.243 e. The third kappa shape index (κ3) is 5.06. The molecule has 1 amide bonds. The predicted molar refractivity (Wildman–Crippen MR) is 123 cm³/mol. The molecule has 0 bridgehead atoms. The van der Waals surface area contributed by atoms with E-state index in [1.165, 1.54) is 7.05 Å². The molecule has 0 heterocycles. The Bertz CT molecular complexity index is 1190. The van der Waals surface area contributed by atoms with Crippen molar-refractivity contribution in [3.63, 3.8) is 0 Å². The number of ether oxygens (including phenoxy) is 1. The quantitative estimate of drug-likeness (QED) is 0.574. The standard InChI is InChI=1S/C24H28N2O4S/c1-5-22(20-11-13-23(30-4)17(2)14-20)25-24(27)16-26(3)31(28,29)21-12-10-18-8-6-7-9-19(18)15-21/h6-15,22H,5,16H2,1-4H3,(H,25,27)/t22-/m0/s1. The number of fused-ring (bicyclic) bond motifs is 1. The maximum Gasteiger partial charge on any atom is 0.243 e. The lowest BCUT2D eigenvalue weighted by Crippen LogP contribution is -2.39. The minimum atomic E-state index is -3.79. The molecule has 7 heteroatoms. The van der Waals surface area contributed by atoms with E-state index < -0.39 is 10.0 Å². The van der Waals surface area contributed by atoms with Gasteiger partial charge in [0.25, 0.3) is 0 Å². The minimum absolute atomic E-state index is 0.166. The highest BCUT2D eigenvalue weighted by atomic mass is 32.2. The van der Waals surface area contributed by atoms with E-state index in [9.17, 15) is 13.2 Å². The summed E-state index contributed by atoms with van der Waals surface area (Å²) < 4.78 is 32.3. The number of sulfonamides is 1. The van der Waals surface area contributed by atoms with E-state index in [2.05, 4.69) is 5.32 Å². The fourth-order valence-corrected chi connectivity index (χ4v) is 4.74. The van der Waals surface area contributed by atoms with Crippen LogP contribution in [-0.2, 0) is 14.8 Å². The molecule has 0 fully saturated rings. The van der Waals surface area contributed by atoms with Gasteiger partial charge < -0.3 is 10.1 Å². The number of carbonyl (C=O) groups is 1. The summed E-state index contributed by atoms with van der Waals surface area (Å²) in [4.78, 5) is 12.8. The van der Waals surface area contributed by atoms with Gasteiger partial charge in [0.2, 0.25) is 15.9 Å². The number of methoxy groups -OCH3 is 1. The second kappa shape index (κ2) is 9.49. The summed E-state index contributed by atoms with van der Waals surface area (Å²) in [7, 11) is -0.755. The Morgan fingerprint density at radius 2 is 1.77 bits per heavy atom. The van der Waals surface area contributed by atoms with Gasteiger partial charge in [-0.3, -0.25) is 4.79 Å². The van der Waals surface area contributed by atoms with Gasteiger partial charge in [0.15, 0.2) is 0 Å². The van der Waals surface area contributed by atoms with Gasteiger partial charge in [-0.2, -0.15) is 4.31 Å². The molecule has 6 nitrogen and oxygen atoms in total. The maximum absolute atomic E-state index is 13.0. The monoisotopic (exact) mass is 440 g/mol. The van der Waals surface area contributed by atoms with Crippen LogP contribution in [0.1, 0.15) is 30.5 Å². The van der Waals surface area contributed by atoms with Gasteiger partial charge in [0.1, 0.15) is 5.75 Å². The molecule has 164 valence electrons. The Balaban J connectivity index is 1.72. The van der Waals surface area contributed by atoms with Crippen molar-refractivity contribution in [3.05, 3.63) is 71.8 Å². The molecule has 0 saturated heterocycles. The largest absolute Gasteiger partial charge is 0.496 e. The third-order valence-electron chi connectivity index (χ3n) is 5.36. The van der Waals surface area contributed by atoms with E-state index in [4.69, 9.17) is 4.74 Å². The van der Waals surface area contributed by atoms with E-state index >= 15 is 0 Å². The average molecular weight is 441 g/mol. The number of benzene rings is 3. The first-order valence-electron chi connectivity index (χ1n) is 10.1. The summed E-state index contributed by atoms with van der Waals surface area (Å²) in [6.07, 6.45) is 0.679. The van der Waals surface area contributed by atoms with Crippen LogP contribution >= 0.6 is 0 Å². The average Bonchev–Trinajstić information content (AvgIpc) is 2.76. The SMILES string of the molecule is CC[C@H](NC(=O)CN(C)S(=O)(=O)c1ccc2ccccc2c1)c1ccc(OC)c(C)c1. The van der Waals surface area contributed by atoms with E-state index in [1.54, 1.807) is 25.3 Å². The van der Waals surface area contributed by atoms with Crippen LogP contribution in [0, 0.1) is 6.92 Å². The molecule has 1 N–H and O–H groups in total. The molecule has 3 aromatic carbocycles. The van der Waals surface area contributed by atoms with E-state index in [0.717, 1.165) is 32.0 Å². The van der Waals surface area contributed by atoms with Crippen LogP contribution in [0.3, 0.4) is 0 Å². The van der Waals surface area contributed by atoms with Crippen molar-refractivity contribution in [2.45, 2.75) is 31.2 Å². The summed E-state index contributed by atoms with van der Waals surface area (Å²) in [6, 6.07) is 18.1. The van der Waals surface area contributed by atoms with Crippen molar-refractivity contribution in [3.8, 4) is 5.75 Å². The number of aryl methyl sites for hydroxylation is 1. The van der Waals surface area contributed by atoms with Gasteiger partial charge in [-0.15, -0.1) is 0 Å². The topological polar surface area (TPSA) is 75.7 Å². The third-order valence-corrected chi connectivity index (χ3v) is 7.16. The molecule has 3 aromatic rings. The van der Waals surface area contributed by atoms with Crippen molar-refractivity contribution in [2.75, 3.05) is 20.7 Å². The highest BCUT2D eigenvalue weighted by Crippen LogP contribution is 2.25. The summed E-state index contributed by atoms with van der Waals surface area (Å²) >= 11 is 0. The molecular formula is C24H28N2O4S. The van der Waals surface area contributed by atoms with Crippen molar-refractivity contribution < 1.29 is 17.9 Å². The van der Waals surface area contributed by atoms with Crippen LogP contribution in [-0.4, -0.2) is 39.3 Å². The van der Waals surface area contributed by atoms with Gasteiger partial charge in [0.05, 0.1) is 24.6 Å². The molecule has 0 spiro atoms. The summed E-state index contributed by atoms with van der Waals surface area (Å²) in [6.45, 7) is 3.65. The molecular weight excluding hydrogens is 412 g/mol. The van der Waals surface area contributed by atoms with E-state index in [0.29, 0.717) is 6.42 Å². The molecule has 0 aliphatic carbocycles. The second-order valence-electron chi connectivity index (χ2n) is 7.53. The van der Waals surface area contributed by atoms with Gasteiger partial charge in [-0.25, -0.2) is 8.42 Å². The molecule has 0 aromatic heterocycles. The van der Waals surface area contributed by atoms with E-state index in [-0.39, 0.29) is 23.4 Å². The van der Waals surface area contributed by atoms with Crippen molar-refractivity contribution in [2.24, 2.45) is 0 Å². The van der Waals surface area contributed by atoms with Crippen LogP contribution in [0.5, 0.6) is 5.75 Å². The molecule has 0 radical (unpaired) electrons. The fourth-order valence-electron chi connectivity index (χ4n) is 3.57. The number of rotatable bonds is 8. The molecule has 3 rings (SSSR count). The van der Waals surface area contributed by atoms with Crippen LogP contribution in [0.15, 0.2) is 65.6 Å². The number of hydrogen-bond acceptors (Lipinski definition) is 4.